The molecule has 2 aromatic rings. The molecule has 0 unspecified atom stereocenters. The van der Waals surface area contributed by atoms with Gasteiger partial charge >= 0.3 is 0 Å². The van der Waals surface area contributed by atoms with Crippen molar-refractivity contribution in [3.8, 4) is 22.9 Å². The second kappa shape index (κ2) is 7.80. The Morgan fingerprint density at radius 3 is 2.81 bits per heavy atom. The van der Waals surface area contributed by atoms with Gasteiger partial charge in [-0.1, -0.05) is 31.0 Å². The molecule has 2 heterocycles. The van der Waals surface area contributed by atoms with Crippen molar-refractivity contribution in [3.05, 3.63) is 18.2 Å². The summed E-state index contributed by atoms with van der Waals surface area (Å²) in [6.45, 7) is 2.16. The van der Waals surface area contributed by atoms with Crippen molar-refractivity contribution in [1.82, 2.24) is 20.1 Å². The molecular weight excluding hydrogens is 364 g/mol. The van der Waals surface area contributed by atoms with Gasteiger partial charge in [0.2, 0.25) is 12.7 Å². The summed E-state index contributed by atoms with van der Waals surface area (Å²) in [6, 6.07) is 6.03. The normalized spacial score (nSPS) is 17.7. The maximum atomic E-state index is 12.5. The largest absolute Gasteiger partial charge is 0.454 e. The lowest BCUT2D eigenvalue weighted by molar-refractivity contribution is -0.121. The molecule has 1 saturated carbocycles. The van der Waals surface area contributed by atoms with E-state index in [2.05, 4.69) is 15.5 Å². The van der Waals surface area contributed by atoms with Gasteiger partial charge in [-0.25, -0.2) is 0 Å². The number of ether oxygens (including phenoxy) is 2. The van der Waals surface area contributed by atoms with Crippen LogP contribution in [0.4, 0.5) is 0 Å². The highest BCUT2D eigenvalue weighted by molar-refractivity contribution is 8.00. The molecule has 8 heteroatoms. The zero-order valence-corrected chi connectivity index (χ0v) is 16.4. The molecule has 1 amide bonds. The highest BCUT2D eigenvalue weighted by Gasteiger charge is 2.23. The van der Waals surface area contributed by atoms with Crippen LogP contribution in [0.25, 0.3) is 11.4 Å². The molecule has 27 heavy (non-hydrogen) atoms. The summed E-state index contributed by atoms with van der Waals surface area (Å²) in [5.74, 6) is 2.25. The zero-order valence-electron chi connectivity index (χ0n) is 15.6. The number of nitrogens with one attached hydrogen (secondary N) is 1. The van der Waals surface area contributed by atoms with Crippen LogP contribution in [0.5, 0.6) is 11.5 Å². The molecule has 1 aliphatic carbocycles. The minimum Gasteiger partial charge on any atom is -0.454 e. The second-order valence-corrected chi connectivity index (χ2v) is 8.34. The van der Waals surface area contributed by atoms with E-state index < -0.39 is 0 Å². The van der Waals surface area contributed by atoms with Crippen molar-refractivity contribution in [2.75, 3.05) is 6.79 Å². The Balaban J connectivity index is 1.43. The maximum Gasteiger partial charge on any atom is 0.233 e. The number of aromatic nitrogens is 3. The van der Waals surface area contributed by atoms with E-state index in [0.717, 1.165) is 30.0 Å². The topological polar surface area (TPSA) is 78.3 Å². The standard InChI is InChI=1S/C19H24N4O3S/c1-12(18(24)20-14-6-4-3-5-7-14)27-19-22-21-17(23(19)2)13-8-9-15-16(10-13)26-11-25-15/h8-10,12,14H,3-7,11H2,1-2H3,(H,20,24)/t12-/m0/s1. The van der Waals surface area contributed by atoms with Gasteiger partial charge in [0.25, 0.3) is 0 Å². The Morgan fingerprint density at radius 1 is 1.22 bits per heavy atom. The highest BCUT2D eigenvalue weighted by atomic mass is 32.2. The average Bonchev–Trinajstić information content (AvgIpc) is 3.29. The van der Waals surface area contributed by atoms with Gasteiger partial charge < -0.3 is 19.4 Å². The molecule has 0 radical (unpaired) electrons. The summed E-state index contributed by atoms with van der Waals surface area (Å²) in [4.78, 5) is 12.5. The van der Waals surface area contributed by atoms with Crippen LogP contribution >= 0.6 is 11.8 Å². The fraction of sp³-hybridized carbons (Fsp3) is 0.526. The van der Waals surface area contributed by atoms with Crippen LogP contribution in [-0.2, 0) is 11.8 Å². The fourth-order valence-electron chi connectivity index (χ4n) is 3.48. The molecule has 1 atom stereocenters. The van der Waals surface area contributed by atoms with Gasteiger partial charge in [0.1, 0.15) is 0 Å². The lowest BCUT2D eigenvalue weighted by Crippen LogP contribution is -2.40. The molecule has 1 N–H and O–H groups in total. The van der Waals surface area contributed by atoms with Gasteiger partial charge in [-0.05, 0) is 38.0 Å². The van der Waals surface area contributed by atoms with Crippen LogP contribution in [0.2, 0.25) is 0 Å². The van der Waals surface area contributed by atoms with E-state index in [1.165, 1.54) is 31.0 Å². The number of hydrogen-bond acceptors (Lipinski definition) is 6. The summed E-state index contributed by atoms with van der Waals surface area (Å²) in [5, 5.41) is 12.3. The monoisotopic (exact) mass is 388 g/mol. The van der Waals surface area contributed by atoms with Gasteiger partial charge in [-0.3, -0.25) is 4.79 Å². The number of benzene rings is 1. The molecule has 1 aromatic carbocycles. The van der Waals surface area contributed by atoms with Crippen molar-refractivity contribution in [2.45, 2.75) is 55.5 Å². The predicted octanol–water partition coefficient (Wildman–Crippen LogP) is 3.14. The first-order valence-electron chi connectivity index (χ1n) is 9.38. The number of nitrogens with zero attached hydrogens (tertiary/aromatic N) is 3. The minimum atomic E-state index is -0.223. The first-order valence-corrected chi connectivity index (χ1v) is 10.3. The molecule has 0 saturated heterocycles. The van der Waals surface area contributed by atoms with Gasteiger partial charge in [-0.2, -0.15) is 0 Å². The molecule has 1 aliphatic heterocycles. The molecule has 0 bridgehead atoms. The number of carbonyl (C=O) groups is 1. The van der Waals surface area contributed by atoms with Crippen molar-refractivity contribution >= 4 is 17.7 Å². The first kappa shape index (κ1) is 18.2. The number of hydrogen-bond donors (Lipinski definition) is 1. The molecule has 1 fully saturated rings. The van der Waals surface area contributed by atoms with E-state index in [4.69, 9.17) is 9.47 Å². The second-order valence-electron chi connectivity index (χ2n) is 7.04. The summed E-state index contributed by atoms with van der Waals surface area (Å²) in [5.41, 5.74) is 0.903. The zero-order chi connectivity index (χ0) is 18.8. The van der Waals surface area contributed by atoms with Crippen molar-refractivity contribution < 1.29 is 14.3 Å². The molecule has 7 nitrogen and oxygen atoms in total. The highest BCUT2D eigenvalue weighted by Crippen LogP contribution is 2.36. The van der Waals surface area contributed by atoms with Crippen molar-refractivity contribution in [1.29, 1.82) is 0 Å². The van der Waals surface area contributed by atoms with Crippen LogP contribution < -0.4 is 14.8 Å². The van der Waals surface area contributed by atoms with Crippen LogP contribution in [0, 0.1) is 0 Å². The van der Waals surface area contributed by atoms with Gasteiger partial charge in [0.15, 0.2) is 22.5 Å². The third-order valence-corrected chi connectivity index (χ3v) is 6.20. The van der Waals surface area contributed by atoms with Crippen LogP contribution in [-0.4, -0.2) is 38.8 Å². The third kappa shape index (κ3) is 3.90. The summed E-state index contributed by atoms with van der Waals surface area (Å²) in [6.07, 6.45) is 5.85. The SMILES string of the molecule is C[C@H](Sc1nnc(-c2ccc3c(c2)OCO3)n1C)C(=O)NC1CCCCC1. The molecule has 0 spiro atoms. The molecule has 1 aromatic heterocycles. The van der Waals surface area contributed by atoms with Crippen LogP contribution in [0.15, 0.2) is 23.4 Å². The summed E-state index contributed by atoms with van der Waals surface area (Å²) < 4.78 is 12.7. The number of fused-ring (bicyclic) bond motifs is 1. The quantitative estimate of drug-likeness (QED) is 0.793. The van der Waals surface area contributed by atoms with Crippen LogP contribution in [0.3, 0.4) is 0 Å². The maximum absolute atomic E-state index is 12.5. The smallest absolute Gasteiger partial charge is 0.233 e. The lowest BCUT2D eigenvalue weighted by atomic mass is 9.95. The van der Waals surface area contributed by atoms with Gasteiger partial charge in [0, 0.05) is 18.7 Å². The summed E-state index contributed by atoms with van der Waals surface area (Å²) >= 11 is 1.43. The number of amides is 1. The van der Waals surface area contributed by atoms with Crippen molar-refractivity contribution in [3.63, 3.8) is 0 Å². The number of rotatable bonds is 5. The van der Waals surface area contributed by atoms with E-state index in [1.54, 1.807) is 0 Å². The minimum absolute atomic E-state index is 0.0690. The van der Waals surface area contributed by atoms with E-state index >= 15 is 0 Å². The number of carbonyl (C=O) groups excluding carboxylic acids is 1. The number of thioether (sulfide) groups is 1. The average molecular weight is 388 g/mol. The Kier molecular flexibility index (Phi) is 5.24. The Labute approximate surface area is 162 Å². The van der Waals surface area contributed by atoms with E-state index in [-0.39, 0.29) is 18.0 Å². The van der Waals surface area contributed by atoms with E-state index in [1.807, 2.05) is 36.7 Å². The molecule has 144 valence electrons. The van der Waals surface area contributed by atoms with E-state index in [9.17, 15) is 4.79 Å². The Bertz CT molecular complexity index is 832. The Morgan fingerprint density at radius 2 is 2.00 bits per heavy atom. The first-order chi connectivity index (χ1) is 13.1. The van der Waals surface area contributed by atoms with Crippen molar-refractivity contribution in [2.24, 2.45) is 7.05 Å². The van der Waals surface area contributed by atoms with E-state index in [0.29, 0.717) is 16.9 Å². The molecular formula is C19H24N4O3S. The molecule has 2 aliphatic rings. The lowest BCUT2D eigenvalue weighted by Gasteiger charge is -2.24. The summed E-state index contributed by atoms with van der Waals surface area (Å²) in [7, 11) is 1.91. The third-order valence-electron chi connectivity index (χ3n) is 5.07. The Hall–Kier alpha value is -2.22. The fourth-order valence-corrected chi connectivity index (χ4v) is 4.31. The molecule has 4 rings (SSSR count). The van der Waals surface area contributed by atoms with Gasteiger partial charge in [-0.15, -0.1) is 10.2 Å². The predicted molar refractivity (Wildman–Crippen MR) is 103 cm³/mol. The van der Waals surface area contributed by atoms with Crippen LogP contribution in [0.1, 0.15) is 39.0 Å². The van der Waals surface area contributed by atoms with Gasteiger partial charge in [0.05, 0.1) is 5.25 Å².